The lowest BCUT2D eigenvalue weighted by molar-refractivity contribution is -0.121. The maximum Gasteiger partial charge on any atom is 0.226 e. The average Bonchev–Trinajstić information content (AvgIpc) is 2.75. The van der Waals surface area contributed by atoms with Gasteiger partial charge in [-0.15, -0.1) is 11.3 Å². The van der Waals surface area contributed by atoms with Gasteiger partial charge in [0.15, 0.2) is 5.13 Å². The Hall–Kier alpha value is -1.95. The van der Waals surface area contributed by atoms with E-state index in [2.05, 4.69) is 10.3 Å². The highest BCUT2D eigenvalue weighted by Crippen LogP contribution is 2.14. The van der Waals surface area contributed by atoms with Gasteiger partial charge in [0.1, 0.15) is 5.82 Å². The van der Waals surface area contributed by atoms with Gasteiger partial charge in [-0.1, -0.05) is 12.1 Å². The number of rotatable bonds is 4. The van der Waals surface area contributed by atoms with Gasteiger partial charge in [-0.25, -0.2) is 9.37 Å². The van der Waals surface area contributed by atoms with Crippen LogP contribution in [0.5, 0.6) is 0 Å². The normalized spacial score (nSPS) is 12.1. The molecule has 4 nitrogen and oxygen atoms in total. The third-order valence-corrected chi connectivity index (χ3v) is 3.38. The summed E-state index contributed by atoms with van der Waals surface area (Å²) in [5.41, 5.74) is 7.01. The predicted molar refractivity (Wildman–Crippen MR) is 73.2 cm³/mol. The van der Waals surface area contributed by atoms with Gasteiger partial charge in [0.2, 0.25) is 5.91 Å². The largest absolute Gasteiger partial charge is 0.375 e. The van der Waals surface area contributed by atoms with Crippen LogP contribution < -0.4 is 11.1 Å². The van der Waals surface area contributed by atoms with Crippen molar-refractivity contribution in [2.45, 2.75) is 19.4 Å². The smallest absolute Gasteiger partial charge is 0.226 e. The summed E-state index contributed by atoms with van der Waals surface area (Å²) in [5, 5.41) is 5.05. The van der Waals surface area contributed by atoms with E-state index in [1.165, 1.54) is 23.5 Å². The number of hydrogen-bond acceptors (Lipinski definition) is 4. The van der Waals surface area contributed by atoms with Crippen molar-refractivity contribution in [3.63, 3.8) is 0 Å². The minimum Gasteiger partial charge on any atom is -0.375 e. The van der Waals surface area contributed by atoms with Crippen molar-refractivity contribution in [2.75, 3.05) is 5.73 Å². The van der Waals surface area contributed by atoms with Crippen molar-refractivity contribution >= 4 is 22.4 Å². The van der Waals surface area contributed by atoms with E-state index >= 15 is 0 Å². The van der Waals surface area contributed by atoms with Gasteiger partial charge in [-0.2, -0.15) is 0 Å². The van der Waals surface area contributed by atoms with Gasteiger partial charge >= 0.3 is 0 Å². The van der Waals surface area contributed by atoms with Gasteiger partial charge in [-0.05, 0) is 24.6 Å². The Morgan fingerprint density at radius 2 is 2.16 bits per heavy atom. The molecule has 0 radical (unpaired) electrons. The van der Waals surface area contributed by atoms with Crippen LogP contribution in [-0.4, -0.2) is 10.9 Å². The molecule has 0 fully saturated rings. The lowest BCUT2D eigenvalue weighted by Gasteiger charge is -2.13. The van der Waals surface area contributed by atoms with E-state index in [1.54, 1.807) is 17.5 Å². The van der Waals surface area contributed by atoms with Crippen LogP contribution in [0.1, 0.15) is 24.2 Å². The summed E-state index contributed by atoms with van der Waals surface area (Å²) < 4.78 is 12.8. The number of nitrogens with two attached hydrogens (primary N) is 1. The number of halogens is 1. The summed E-state index contributed by atoms with van der Waals surface area (Å²) in [7, 11) is 0. The fourth-order valence-corrected chi connectivity index (χ4v) is 2.26. The number of aromatic nitrogens is 1. The van der Waals surface area contributed by atoms with E-state index in [0.29, 0.717) is 10.8 Å². The standard InChI is InChI=1S/C13H14FN3OS/c1-8(9-2-4-10(14)5-3-9)16-12(18)6-11-7-19-13(15)17-11/h2-5,7-8H,6H2,1H3,(H2,15,17)(H,16,18). The second-order valence-corrected chi connectivity index (χ2v) is 5.08. The minimum atomic E-state index is -0.291. The number of nitrogens with zero attached hydrogens (tertiary/aromatic N) is 1. The van der Waals surface area contributed by atoms with Crippen molar-refractivity contribution in [1.29, 1.82) is 0 Å². The monoisotopic (exact) mass is 279 g/mol. The van der Waals surface area contributed by atoms with Crippen molar-refractivity contribution < 1.29 is 9.18 Å². The summed E-state index contributed by atoms with van der Waals surface area (Å²) in [6.45, 7) is 1.85. The van der Waals surface area contributed by atoms with Crippen LogP contribution in [0.3, 0.4) is 0 Å². The molecule has 1 unspecified atom stereocenters. The molecule has 1 aromatic carbocycles. The first kappa shape index (κ1) is 13.5. The number of thiazole rings is 1. The highest BCUT2D eigenvalue weighted by Gasteiger charge is 2.11. The summed E-state index contributed by atoms with van der Waals surface area (Å²) in [5.74, 6) is -0.428. The zero-order valence-corrected chi connectivity index (χ0v) is 11.2. The number of nitrogens with one attached hydrogen (secondary N) is 1. The fraction of sp³-hybridized carbons (Fsp3) is 0.231. The lowest BCUT2D eigenvalue weighted by Crippen LogP contribution is -2.28. The van der Waals surface area contributed by atoms with E-state index in [-0.39, 0.29) is 24.2 Å². The van der Waals surface area contributed by atoms with Crippen molar-refractivity contribution in [3.8, 4) is 0 Å². The van der Waals surface area contributed by atoms with Crippen LogP contribution >= 0.6 is 11.3 Å². The molecule has 6 heteroatoms. The molecule has 0 saturated heterocycles. The maximum absolute atomic E-state index is 12.8. The Morgan fingerprint density at radius 3 is 2.74 bits per heavy atom. The Bertz CT molecular complexity index is 568. The molecular weight excluding hydrogens is 265 g/mol. The summed E-state index contributed by atoms with van der Waals surface area (Å²) in [4.78, 5) is 15.8. The maximum atomic E-state index is 12.8. The van der Waals surface area contributed by atoms with Gasteiger partial charge in [0.05, 0.1) is 18.2 Å². The van der Waals surface area contributed by atoms with E-state index in [0.717, 1.165) is 5.56 Å². The number of hydrogen-bond donors (Lipinski definition) is 2. The Labute approximate surface area is 114 Å². The second kappa shape index (κ2) is 5.79. The number of carbonyl (C=O) groups is 1. The van der Waals surface area contributed by atoms with Crippen molar-refractivity contribution in [2.24, 2.45) is 0 Å². The van der Waals surface area contributed by atoms with E-state index in [9.17, 15) is 9.18 Å². The van der Waals surface area contributed by atoms with E-state index in [4.69, 9.17) is 5.73 Å². The molecule has 0 aliphatic heterocycles. The molecule has 19 heavy (non-hydrogen) atoms. The van der Waals surface area contributed by atoms with Crippen molar-refractivity contribution in [3.05, 3.63) is 46.7 Å². The van der Waals surface area contributed by atoms with E-state index in [1.807, 2.05) is 6.92 Å². The first-order valence-electron chi connectivity index (χ1n) is 5.79. The zero-order valence-electron chi connectivity index (χ0n) is 10.4. The summed E-state index contributed by atoms with van der Waals surface area (Å²) in [6, 6.07) is 5.88. The Balaban J connectivity index is 1.93. The molecule has 2 rings (SSSR count). The first-order chi connectivity index (χ1) is 9.04. The van der Waals surface area contributed by atoms with E-state index < -0.39 is 0 Å². The van der Waals surface area contributed by atoms with Gasteiger partial charge in [0, 0.05) is 5.38 Å². The second-order valence-electron chi connectivity index (χ2n) is 4.19. The molecular formula is C13H14FN3OS. The fourth-order valence-electron chi connectivity index (χ4n) is 1.70. The molecule has 0 bridgehead atoms. The molecule has 0 spiro atoms. The SMILES string of the molecule is CC(NC(=O)Cc1csc(N)n1)c1ccc(F)cc1. The summed E-state index contributed by atoms with van der Waals surface area (Å²) >= 11 is 1.31. The number of amides is 1. The van der Waals surface area contributed by atoms with Gasteiger partial charge in [-0.3, -0.25) is 4.79 Å². The quantitative estimate of drug-likeness (QED) is 0.902. The number of carbonyl (C=O) groups excluding carboxylic acids is 1. The first-order valence-corrected chi connectivity index (χ1v) is 6.67. The zero-order chi connectivity index (χ0) is 13.8. The van der Waals surface area contributed by atoms with Crippen LogP contribution in [-0.2, 0) is 11.2 Å². The minimum absolute atomic E-state index is 0.137. The molecule has 0 aliphatic rings. The Kier molecular flexibility index (Phi) is 4.11. The van der Waals surface area contributed by atoms with Crippen LogP contribution in [0.2, 0.25) is 0 Å². The van der Waals surface area contributed by atoms with Crippen LogP contribution in [0, 0.1) is 5.82 Å². The average molecular weight is 279 g/mol. The molecule has 0 aliphatic carbocycles. The third-order valence-electron chi connectivity index (χ3n) is 2.66. The molecule has 100 valence electrons. The molecule has 3 N–H and O–H groups in total. The van der Waals surface area contributed by atoms with Crippen LogP contribution in [0.25, 0.3) is 0 Å². The molecule has 1 atom stereocenters. The molecule has 1 amide bonds. The van der Waals surface area contributed by atoms with Gasteiger partial charge < -0.3 is 11.1 Å². The number of nitrogen functional groups attached to an aromatic ring is 1. The van der Waals surface area contributed by atoms with Gasteiger partial charge in [0.25, 0.3) is 0 Å². The predicted octanol–water partition coefficient (Wildman–Crippen LogP) is 2.28. The Morgan fingerprint density at radius 1 is 1.47 bits per heavy atom. The highest BCUT2D eigenvalue weighted by molar-refractivity contribution is 7.13. The number of anilines is 1. The lowest BCUT2D eigenvalue weighted by atomic mass is 10.1. The van der Waals surface area contributed by atoms with Crippen molar-refractivity contribution in [1.82, 2.24) is 10.3 Å². The van der Waals surface area contributed by atoms with Crippen LogP contribution in [0.15, 0.2) is 29.6 Å². The third kappa shape index (κ3) is 3.75. The number of benzene rings is 1. The summed E-state index contributed by atoms with van der Waals surface area (Å²) in [6.07, 6.45) is 0.194. The van der Waals surface area contributed by atoms with Crippen LogP contribution in [0.4, 0.5) is 9.52 Å². The highest BCUT2D eigenvalue weighted by atomic mass is 32.1. The topological polar surface area (TPSA) is 68.0 Å². The molecule has 2 aromatic rings. The molecule has 1 aromatic heterocycles. The molecule has 1 heterocycles. The molecule has 0 saturated carbocycles.